The standard InChI is InChI=1S/C21H24N2O7.ClH/c1-23-18-7-6-17(10-19(18)30-21(23)27)28-12-15(24)11-22-9-8-14-2-4-16(5-3-14)29-13-20(25)26;/h2-7,10,15,22,24H,8-9,11-13H2,1H3,(H,25,26);1H. The number of nitrogens with two attached hydrogens (primary N) is 1. The number of ether oxygens (including phenoxy) is 2. The van der Waals surface area contributed by atoms with E-state index in [9.17, 15) is 14.7 Å². The van der Waals surface area contributed by atoms with Crippen LogP contribution in [0.15, 0.2) is 51.7 Å². The summed E-state index contributed by atoms with van der Waals surface area (Å²) in [5.74, 6) is -0.394. The van der Waals surface area contributed by atoms with Crippen molar-refractivity contribution in [1.82, 2.24) is 4.57 Å². The highest BCUT2D eigenvalue weighted by Crippen LogP contribution is 2.19. The van der Waals surface area contributed by atoms with Crippen LogP contribution in [0.3, 0.4) is 0 Å². The van der Waals surface area contributed by atoms with Crippen molar-refractivity contribution in [3.8, 4) is 11.5 Å². The van der Waals surface area contributed by atoms with Gasteiger partial charge in [-0.1, -0.05) is 12.1 Å². The molecule has 10 heteroatoms. The minimum atomic E-state index is -1.01. The Morgan fingerprint density at radius 2 is 1.87 bits per heavy atom. The summed E-state index contributed by atoms with van der Waals surface area (Å²) < 4.78 is 17.2. The normalized spacial score (nSPS) is 11.7. The molecule has 0 spiro atoms. The summed E-state index contributed by atoms with van der Waals surface area (Å²) in [6.45, 7) is 1.05. The van der Waals surface area contributed by atoms with Crippen LogP contribution >= 0.6 is 0 Å². The molecule has 168 valence electrons. The van der Waals surface area contributed by atoms with Crippen LogP contribution in [0.1, 0.15) is 5.56 Å². The lowest BCUT2D eigenvalue weighted by Crippen LogP contribution is -3.00. The quantitative estimate of drug-likeness (QED) is 0.267. The van der Waals surface area contributed by atoms with Crippen molar-refractivity contribution >= 4 is 17.1 Å². The van der Waals surface area contributed by atoms with Crippen LogP contribution in [0.5, 0.6) is 11.5 Å². The van der Waals surface area contributed by atoms with E-state index in [1.54, 1.807) is 37.4 Å². The molecule has 3 aromatic rings. The SMILES string of the molecule is Cn1c(=O)oc2cc(OCC(O)C[NH2+]CCc3ccc(OCC(=O)O)cc3)ccc21.[Cl-]. The lowest BCUT2D eigenvalue weighted by molar-refractivity contribution is -0.660. The van der Waals surface area contributed by atoms with Crippen LogP contribution in [0, 0.1) is 0 Å². The monoisotopic (exact) mass is 452 g/mol. The fourth-order valence-electron chi connectivity index (χ4n) is 2.94. The number of rotatable bonds is 11. The largest absolute Gasteiger partial charge is 1.00 e. The third-order valence-corrected chi connectivity index (χ3v) is 4.57. The number of benzene rings is 2. The lowest BCUT2D eigenvalue weighted by Gasteiger charge is -2.11. The first-order chi connectivity index (χ1) is 14.4. The van der Waals surface area contributed by atoms with E-state index < -0.39 is 17.8 Å². The highest BCUT2D eigenvalue weighted by molar-refractivity contribution is 5.74. The van der Waals surface area contributed by atoms with Gasteiger partial charge >= 0.3 is 11.7 Å². The minimum absolute atomic E-state index is 0. The maximum atomic E-state index is 11.5. The topological polar surface area (TPSA) is 128 Å². The summed E-state index contributed by atoms with van der Waals surface area (Å²) in [5, 5.41) is 20.7. The van der Waals surface area contributed by atoms with Crippen LogP contribution < -0.4 is 33.0 Å². The first kappa shape index (κ1) is 24.3. The molecule has 0 amide bonds. The Hall–Kier alpha value is -3.01. The second-order valence-electron chi connectivity index (χ2n) is 6.91. The highest BCUT2D eigenvalue weighted by Gasteiger charge is 2.10. The molecule has 4 N–H and O–H groups in total. The number of oxazole rings is 1. The van der Waals surface area contributed by atoms with E-state index in [1.807, 2.05) is 17.4 Å². The van der Waals surface area contributed by atoms with E-state index >= 15 is 0 Å². The number of carbonyl (C=O) groups is 1. The number of aryl methyl sites for hydroxylation is 1. The molecular weight excluding hydrogens is 428 g/mol. The zero-order valence-electron chi connectivity index (χ0n) is 17.0. The van der Waals surface area contributed by atoms with Crippen molar-refractivity contribution in [3.05, 3.63) is 58.6 Å². The van der Waals surface area contributed by atoms with Crippen LogP contribution in [0.25, 0.3) is 11.1 Å². The Bertz CT molecular complexity index is 1050. The molecular formula is C21H25ClN2O7. The van der Waals surface area contributed by atoms with E-state index in [2.05, 4.69) is 0 Å². The number of nitrogens with zero attached hydrogens (tertiary/aromatic N) is 1. The molecule has 0 fully saturated rings. The molecule has 0 radical (unpaired) electrons. The maximum absolute atomic E-state index is 11.5. The second-order valence-corrected chi connectivity index (χ2v) is 6.91. The van der Waals surface area contributed by atoms with E-state index in [4.69, 9.17) is 19.0 Å². The third-order valence-electron chi connectivity index (χ3n) is 4.57. The maximum Gasteiger partial charge on any atom is 0.419 e. The van der Waals surface area contributed by atoms with Crippen LogP contribution in [0.2, 0.25) is 0 Å². The summed E-state index contributed by atoms with van der Waals surface area (Å²) in [4.78, 5) is 22.0. The molecule has 9 nitrogen and oxygen atoms in total. The van der Waals surface area contributed by atoms with Gasteiger partial charge < -0.3 is 41.8 Å². The van der Waals surface area contributed by atoms with Gasteiger partial charge in [-0.15, -0.1) is 0 Å². The van der Waals surface area contributed by atoms with Crippen LogP contribution in [0.4, 0.5) is 0 Å². The predicted molar refractivity (Wildman–Crippen MR) is 108 cm³/mol. The van der Waals surface area contributed by atoms with Gasteiger partial charge in [-0.25, -0.2) is 9.59 Å². The van der Waals surface area contributed by atoms with Crippen molar-refractivity contribution in [1.29, 1.82) is 0 Å². The number of carboxylic acid groups (broad SMARTS) is 1. The smallest absolute Gasteiger partial charge is 0.419 e. The van der Waals surface area contributed by atoms with Crippen molar-refractivity contribution in [2.45, 2.75) is 12.5 Å². The van der Waals surface area contributed by atoms with Gasteiger partial charge in [0, 0.05) is 19.5 Å². The number of hydrogen-bond acceptors (Lipinski definition) is 6. The van der Waals surface area contributed by atoms with E-state index in [1.165, 1.54) is 4.57 Å². The molecule has 0 saturated carbocycles. The van der Waals surface area contributed by atoms with Crippen LogP contribution in [-0.4, -0.2) is 53.2 Å². The first-order valence-electron chi connectivity index (χ1n) is 9.58. The molecule has 1 atom stereocenters. The second kappa shape index (κ2) is 11.4. The predicted octanol–water partition coefficient (Wildman–Crippen LogP) is -2.86. The molecule has 31 heavy (non-hydrogen) atoms. The highest BCUT2D eigenvalue weighted by atomic mass is 35.5. The number of aliphatic hydroxyl groups excluding tert-OH is 1. The zero-order valence-corrected chi connectivity index (χ0v) is 17.7. The number of aromatic nitrogens is 1. The molecule has 1 unspecified atom stereocenters. The Morgan fingerprint density at radius 1 is 1.16 bits per heavy atom. The number of halogens is 1. The van der Waals surface area contributed by atoms with Gasteiger partial charge in [0.25, 0.3) is 0 Å². The Morgan fingerprint density at radius 3 is 2.58 bits per heavy atom. The number of quaternary nitrogens is 1. The molecule has 0 aliphatic rings. The van der Waals surface area contributed by atoms with Gasteiger partial charge in [-0.2, -0.15) is 0 Å². The Labute approximate surface area is 184 Å². The van der Waals surface area contributed by atoms with Gasteiger partial charge in [-0.05, 0) is 29.8 Å². The molecule has 1 heterocycles. The number of carboxylic acids is 1. The average Bonchev–Trinajstić information content (AvgIpc) is 3.02. The van der Waals surface area contributed by atoms with Gasteiger partial charge in [-0.3, -0.25) is 4.57 Å². The van der Waals surface area contributed by atoms with Crippen molar-refractivity contribution in [3.63, 3.8) is 0 Å². The van der Waals surface area contributed by atoms with E-state index in [-0.39, 0.29) is 25.6 Å². The fraction of sp³-hybridized carbons (Fsp3) is 0.333. The van der Waals surface area contributed by atoms with E-state index in [0.717, 1.165) is 18.5 Å². The van der Waals surface area contributed by atoms with Gasteiger partial charge in [0.05, 0.1) is 12.1 Å². The molecule has 0 saturated heterocycles. The minimum Gasteiger partial charge on any atom is -1.00 e. The third kappa shape index (κ3) is 7.02. The summed E-state index contributed by atoms with van der Waals surface area (Å²) in [6.07, 6.45) is 0.159. The molecule has 2 aromatic carbocycles. The van der Waals surface area contributed by atoms with Crippen LogP contribution in [-0.2, 0) is 18.3 Å². The number of fused-ring (bicyclic) bond motifs is 1. The molecule has 0 bridgehead atoms. The Kier molecular flexibility index (Phi) is 8.92. The summed E-state index contributed by atoms with van der Waals surface area (Å²) in [5.41, 5.74) is 2.22. The van der Waals surface area contributed by atoms with Gasteiger partial charge in [0.1, 0.15) is 30.8 Å². The molecule has 3 rings (SSSR count). The van der Waals surface area contributed by atoms with Crippen molar-refractivity contribution in [2.75, 3.05) is 26.3 Å². The number of aliphatic carboxylic acids is 1. The van der Waals surface area contributed by atoms with Crippen molar-refractivity contribution < 1.29 is 46.6 Å². The molecule has 0 aliphatic carbocycles. The summed E-state index contributed by atoms with van der Waals surface area (Å²) in [7, 11) is 1.63. The van der Waals surface area contributed by atoms with Gasteiger partial charge in [0.2, 0.25) is 0 Å². The van der Waals surface area contributed by atoms with Gasteiger partial charge in [0.15, 0.2) is 12.2 Å². The fourth-order valence-corrected chi connectivity index (χ4v) is 2.94. The van der Waals surface area contributed by atoms with E-state index in [0.29, 0.717) is 29.1 Å². The number of hydrogen-bond donors (Lipinski definition) is 3. The van der Waals surface area contributed by atoms with Crippen molar-refractivity contribution in [2.24, 2.45) is 7.05 Å². The molecule has 0 aliphatic heterocycles. The lowest BCUT2D eigenvalue weighted by atomic mass is 10.1. The Balaban J connectivity index is 0.00000341. The molecule has 1 aromatic heterocycles. The zero-order chi connectivity index (χ0) is 21.5. The number of aliphatic hydroxyl groups is 1. The first-order valence-corrected chi connectivity index (χ1v) is 9.58. The average molecular weight is 453 g/mol. The summed E-state index contributed by atoms with van der Waals surface area (Å²) in [6, 6.07) is 12.4. The summed E-state index contributed by atoms with van der Waals surface area (Å²) >= 11 is 0.